The molecule has 2 unspecified atom stereocenters. The van der Waals surface area contributed by atoms with E-state index in [9.17, 15) is 23.1 Å². The third kappa shape index (κ3) is 7.55. The van der Waals surface area contributed by atoms with Gasteiger partial charge in [0.15, 0.2) is 5.60 Å². The molecule has 2 atom stereocenters. The second kappa shape index (κ2) is 8.36. The highest BCUT2D eigenvalue weighted by molar-refractivity contribution is 5.75. The summed E-state index contributed by atoms with van der Waals surface area (Å²) in [5, 5.41) is 9.46. The van der Waals surface area contributed by atoms with Crippen LogP contribution in [0.25, 0.3) is 0 Å². The monoisotopic (exact) mass is 340 g/mol. The Bertz CT molecular complexity index is 374. The maximum absolute atomic E-state index is 12.6. The Morgan fingerprint density at radius 2 is 1.70 bits per heavy atom. The third-order valence-electron chi connectivity index (χ3n) is 4.24. The summed E-state index contributed by atoms with van der Waals surface area (Å²) in [5.74, 6) is -0.0612. The molecule has 0 saturated heterocycles. The highest BCUT2D eigenvalue weighted by Gasteiger charge is 2.49. The van der Waals surface area contributed by atoms with Crippen LogP contribution in [0, 0.1) is 11.3 Å². The van der Waals surface area contributed by atoms with Crippen molar-refractivity contribution in [3.8, 4) is 0 Å². The number of rotatable bonds is 9. The van der Waals surface area contributed by atoms with Gasteiger partial charge in [-0.05, 0) is 58.8 Å². The zero-order valence-corrected chi connectivity index (χ0v) is 15.1. The Morgan fingerprint density at radius 3 is 2.09 bits per heavy atom. The largest absolute Gasteiger partial charge is 0.462 e. The number of carbonyl (C=O) groups excluding carboxylic acids is 1. The average molecular weight is 340 g/mol. The van der Waals surface area contributed by atoms with Gasteiger partial charge in [-0.3, -0.25) is 4.79 Å². The van der Waals surface area contributed by atoms with Gasteiger partial charge in [0.2, 0.25) is 0 Å². The van der Waals surface area contributed by atoms with Gasteiger partial charge in [0.25, 0.3) is 0 Å². The molecule has 0 saturated carbocycles. The molecule has 0 fully saturated rings. The van der Waals surface area contributed by atoms with Crippen LogP contribution in [0.15, 0.2) is 0 Å². The van der Waals surface area contributed by atoms with E-state index in [0.717, 1.165) is 6.92 Å². The van der Waals surface area contributed by atoms with Crippen LogP contribution in [-0.4, -0.2) is 29.0 Å². The molecule has 0 aromatic heterocycles. The molecular formula is C17H31F3O3. The minimum absolute atomic E-state index is 0.143. The minimum Gasteiger partial charge on any atom is -0.462 e. The van der Waals surface area contributed by atoms with Gasteiger partial charge in [0.05, 0.1) is 5.41 Å². The van der Waals surface area contributed by atoms with Crippen LogP contribution in [0.4, 0.5) is 13.2 Å². The van der Waals surface area contributed by atoms with Crippen LogP contribution in [0.5, 0.6) is 0 Å². The van der Waals surface area contributed by atoms with Crippen molar-refractivity contribution in [2.24, 2.45) is 11.3 Å². The molecule has 0 amide bonds. The number of esters is 1. The van der Waals surface area contributed by atoms with Crippen molar-refractivity contribution < 1.29 is 27.8 Å². The summed E-state index contributed by atoms with van der Waals surface area (Å²) in [5.41, 5.74) is -3.31. The Labute approximate surface area is 137 Å². The van der Waals surface area contributed by atoms with Gasteiger partial charge in [-0.25, -0.2) is 0 Å². The lowest BCUT2D eigenvalue weighted by atomic mass is 9.90. The molecular weight excluding hydrogens is 309 g/mol. The van der Waals surface area contributed by atoms with E-state index in [1.54, 1.807) is 13.8 Å². The standard InChI is InChI=1S/C17H31F3O3/c1-7-15(4,5)14(21)23-13(11-12(2)3)9-8-10-16(6,22)17(18,19)20/h12-13,22H,7-11H2,1-6H3. The Kier molecular flexibility index (Phi) is 8.07. The van der Waals surface area contributed by atoms with E-state index >= 15 is 0 Å². The van der Waals surface area contributed by atoms with Crippen molar-refractivity contribution in [1.29, 1.82) is 0 Å². The zero-order chi connectivity index (χ0) is 18.5. The molecule has 0 aromatic carbocycles. The van der Waals surface area contributed by atoms with E-state index in [2.05, 4.69) is 0 Å². The van der Waals surface area contributed by atoms with Crippen molar-refractivity contribution in [1.82, 2.24) is 0 Å². The molecule has 0 heterocycles. The fraction of sp³-hybridized carbons (Fsp3) is 0.941. The number of hydrogen-bond donors (Lipinski definition) is 1. The Hall–Kier alpha value is -0.780. The number of carbonyl (C=O) groups is 1. The molecule has 0 radical (unpaired) electrons. The van der Waals surface area contributed by atoms with Crippen LogP contribution in [0.3, 0.4) is 0 Å². The number of aliphatic hydroxyl groups is 1. The van der Waals surface area contributed by atoms with Gasteiger partial charge >= 0.3 is 12.1 Å². The molecule has 23 heavy (non-hydrogen) atoms. The van der Waals surface area contributed by atoms with Crippen LogP contribution in [-0.2, 0) is 9.53 Å². The van der Waals surface area contributed by atoms with Gasteiger partial charge in [-0.15, -0.1) is 0 Å². The summed E-state index contributed by atoms with van der Waals surface area (Å²) < 4.78 is 43.4. The summed E-state index contributed by atoms with van der Waals surface area (Å²) in [4.78, 5) is 12.2. The number of ether oxygens (including phenoxy) is 1. The highest BCUT2D eigenvalue weighted by Crippen LogP contribution is 2.34. The predicted octanol–water partition coefficient (Wildman–Crippen LogP) is 4.86. The van der Waals surface area contributed by atoms with Crippen LogP contribution in [0.2, 0.25) is 0 Å². The first-order valence-electron chi connectivity index (χ1n) is 8.23. The lowest BCUT2D eigenvalue weighted by molar-refractivity contribution is -0.255. The molecule has 0 aromatic rings. The number of alkyl halides is 3. The second-order valence-electron chi connectivity index (χ2n) is 7.56. The first kappa shape index (κ1) is 22.2. The Balaban J connectivity index is 4.68. The maximum atomic E-state index is 12.6. The number of hydrogen-bond acceptors (Lipinski definition) is 3. The van der Waals surface area contributed by atoms with Crippen LogP contribution < -0.4 is 0 Å². The first-order valence-corrected chi connectivity index (χ1v) is 8.23. The molecule has 0 aliphatic rings. The van der Waals surface area contributed by atoms with Crippen molar-refractivity contribution >= 4 is 5.97 Å². The molecule has 3 nitrogen and oxygen atoms in total. The van der Waals surface area contributed by atoms with Crippen molar-refractivity contribution in [3.63, 3.8) is 0 Å². The Morgan fingerprint density at radius 1 is 1.17 bits per heavy atom. The van der Waals surface area contributed by atoms with E-state index in [1.165, 1.54) is 0 Å². The molecule has 0 bridgehead atoms. The van der Waals surface area contributed by atoms with E-state index in [0.29, 0.717) is 19.3 Å². The van der Waals surface area contributed by atoms with Gasteiger partial charge < -0.3 is 9.84 Å². The second-order valence-corrected chi connectivity index (χ2v) is 7.56. The zero-order valence-electron chi connectivity index (χ0n) is 15.1. The summed E-state index contributed by atoms with van der Waals surface area (Å²) in [7, 11) is 0. The highest BCUT2D eigenvalue weighted by atomic mass is 19.4. The molecule has 0 spiro atoms. The SMILES string of the molecule is CCC(C)(C)C(=O)OC(CCCC(C)(O)C(F)(F)F)CC(C)C. The predicted molar refractivity (Wildman–Crippen MR) is 83.9 cm³/mol. The molecule has 0 aliphatic carbocycles. The van der Waals surface area contributed by atoms with E-state index in [1.807, 2.05) is 20.8 Å². The van der Waals surface area contributed by atoms with Crippen LogP contribution in [0.1, 0.15) is 73.6 Å². The van der Waals surface area contributed by atoms with Crippen molar-refractivity contribution in [2.45, 2.75) is 91.5 Å². The summed E-state index contributed by atoms with van der Waals surface area (Å²) in [6.07, 6.45) is -3.79. The maximum Gasteiger partial charge on any atom is 0.416 e. The third-order valence-corrected chi connectivity index (χ3v) is 4.24. The van der Waals surface area contributed by atoms with Gasteiger partial charge in [0.1, 0.15) is 6.10 Å². The van der Waals surface area contributed by atoms with Crippen LogP contribution >= 0.6 is 0 Å². The fourth-order valence-electron chi connectivity index (χ4n) is 2.02. The van der Waals surface area contributed by atoms with Gasteiger partial charge in [-0.2, -0.15) is 13.2 Å². The fourth-order valence-corrected chi connectivity index (χ4v) is 2.02. The quantitative estimate of drug-likeness (QED) is 0.610. The van der Waals surface area contributed by atoms with Gasteiger partial charge in [0, 0.05) is 0 Å². The van der Waals surface area contributed by atoms with E-state index in [4.69, 9.17) is 4.74 Å². The summed E-state index contributed by atoms with van der Waals surface area (Å²) >= 11 is 0. The molecule has 6 heteroatoms. The van der Waals surface area contributed by atoms with Gasteiger partial charge in [-0.1, -0.05) is 20.8 Å². The molecule has 138 valence electrons. The van der Waals surface area contributed by atoms with Crippen molar-refractivity contribution in [3.05, 3.63) is 0 Å². The van der Waals surface area contributed by atoms with E-state index in [-0.39, 0.29) is 18.3 Å². The normalized spacial score (nSPS) is 17.0. The smallest absolute Gasteiger partial charge is 0.416 e. The number of halogens is 3. The molecule has 0 aliphatic heterocycles. The first-order chi connectivity index (χ1) is 10.2. The lowest BCUT2D eigenvalue weighted by Crippen LogP contribution is -2.42. The summed E-state index contributed by atoms with van der Waals surface area (Å²) in [6, 6.07) is 0. The average Bonchev–Trinajstić information content (AvgIpc) is 2.36. The van der Waals surface area contributed by atoms with E-state index < -0.39 is 29.7 Å². The topological polar surface area (TPSA) is 46.5 Å². The molecule has 0 rings (SSSR count). The lowest BCUT2D eigenvalue weighted by Gasteiger charge is -2.29. The summed E-state index contributed by atoms with van der Waals surface area (Å²) in [6.45, 7) is 10.2. The van der Waals surface area contributed by atoms with Crippen molar-refractivity contribution in [2.75, 3.05) is 0 Å². The molecule has 1 N–H and O–H groups in total. The minimum atomic E-state index is -4.65.